The molecule has 2 N–H and O–H groups in total. The van der Waals surface area contributed by atoms with E-state index in [9.17, 15) is 40.7 Å². The molecule has 0 radical (unpaired) electrons. The Labute approximate surface area is 255 Å². The van der Waals surface area contributed by atoms with Gasteiger partial charge in [-0.25, -0.2) is 5.10 Å². The Hall–Kier alpha value is -4.16. The number of rotatable bonds is 9. The van der Waals surface area contributed by atoms with E-state index in [2.05, 4.69) is 10.4 Å². The van der Waals surface area contributed by atoms with E-state index >= 15 is 0 Å². The van der Waals surface area contributed by atoms with Gasteiger partial charge < -0.3 is 10.1 Å². The summed E-state index contributed by atoms with van der Waals surface area (Å²) in [7, 11) is 0. The van der Waals surface area contributed by atoms with Crippen LogP contribution in [0.15, 0.2) is 59.4 Å². The van der Waals surface area contributed by atoms with E-state index in [0.717, 1.165) is 13.0 Å². The number of benzene rings is 2. The van der Waals surface area contributed by atoms with Gasteiger partial charge in [0.25, 0.3) is 5.56 Å². The van der Waals surface area contributed by atoms with Crippen LogP contribution in [0.3, 0.4) is 0 Å². The fourth-order valence-corrected chi connectivity index (χ4v) is 5.10. The zero-order chi connectivity index (χ0) is 33.4. The van der Waals surface area contributed by atoms with E-state index in [4.69, 9.17) is 4.74 Å². The van der Waals surface area contributed by atoms with Crippen LogP contribution in [-0.4, -0.2) is 33.9 Å². The average molecular weight is 638 g/mol. The van der Waals surface area contributed by atoms with Crippen LogP contribution < -0.4 is 10.9 Å². The molecule has 45 heavy (non-hydrogen) atoms. The third kappa shape index (κ3) is 8.52. The molecule has 13 heteroatoms. The number of carbonyl (C=O) groups is 2. The summed E-state index contributed by atoms with van der Waals surface area (Å²) in [5.41, 5.74) is -2.66. The maximum absolute atomic E-state index is 13.9. The monoisotopic (exact) mass is 637 g/mol. The molecule has 0 aliphatic heterocycles. The molecule has 1 saturated carbocycles. The summed E-state index contributed by atoms with van der Waals surface area (Å²) in [5.74, 6) is -5.05. The molecule has 2 atom stereocenters. The summed E-state index contributed by atoms with van der Waals surface area (Å²) in [6.07, 6.45) is -8.34. The second-order valence-electron chi connectivity index (χ2n) is 12.5. The minimum Gasteiger partial charge on any atom is -0.460 e. The number of H-pyrrole nitrogens is 1. The molecule has 1 fully saturated rings. The van der Waals surface area contributed by atoms with E-state index in [1.165, 1.54) is 30.3 Å². The van der Waals surface area contributed by atoms with E-state index in [-0.39, 0.29) is 29.2 Å². The fraction of sp³-hybridized carbons (Fsp3) is 0.438. The lowest BCUT2D eigenvalue weighted by Crippen LogP contribution is -2.34. The number of esters is 1. The van der Waals surface area contributed by atoms with Crippen LogP contribution >= 0.6 is 0 Å². The number of hydrogen-bond acceptors (Lipinski definition) is 5. The Morgan fingerprint density at radius 2 is 1.62 bits per heavy atom. The maximum Gasteiger partial charge on any atom is 0.435 e. The standard InChI is InChI=1S/C32H33F6N3O4/c1-18(31(33,34)35)25(21-10-8-19(9-11-21)14-22-16-24(42)40-41-26(22)32(36,37)38)27(43)39-23-7-5-6-20(15-23)17-30(12-13-30)28(44)45-29(2,3)4/h5-11,15-16,18,25H,12-14,17H2,1-4H3,(H,39,43)(H,40,42). The zero-order valence-corrected chi connectivity index (χ0v) is 25.0. The van der Waals surface area contributed by atoms with E-state index in [1.807, 2.05) is 0 Å². The molecule has 1 amide bonds. The van der Waals surface area contributed by atoms with Crippen LogP contribution in [0.1, 0.15) is 74.4 Å². The smallest absolute Gasteiger partial charge is 0.435 e. The van der Waals surface area contributed by atoms with E-state index in [1.54, 1.807) is 44.1 Å². The van der Waals surface area contributed by atoms with Crippen LogP contribution in [0.5, 0.6) is 0 Å². The SMILES string of the molecule is CC(C(C(=O)Nc1cccc(CC2(C(=O)OC(C)(C)C)CC2)c1)c1ccc(Cc2cc(=O)[nH]nc2C(F)(F)F)cc1)C(F)(F)F. The molecule has 2 unspecified atom stereocenters. The Morgan fingerprint density at radius 3 is 2.18 bits per heavy atom. The minimum absolute atomic E-state index is 0.000771. The average Bonchev–Trinajstić information content (AvgIpc) is 3.68. The second-order valence-corrected chi connectivity index (χ2v) is 12.5. The third-order valence-corrected chi connectivity index (χ3v) is 7.61. The number of nitrogens with zero attached hydrogens (tertiary/aromatic N) is 1. The zero-order valence-electron chi connectivity index (χ0n) is 25.0. The molecular weight excluding hydrogens is 604 g/mol. The van der Waals surface area contributed by atoms with Crippen molar-refractivity contribution in [3.05, 3.63) is 92.9 Å². The van der Waals surface area contributed by atoms with Gasteiger partial charge in [0.05, 0.1) is 17.3 Å². The molecule has 4 rings (SSSR count). The molecule has 2 aromatic carbocycles. The Balaban J connectivity index is 1.55. The molecule has 1 heterocycles. The van der Waals surface area contributed by atoms with Crippen LogP contribution in [0.25, 0.3) is 0 Å². The highest BCUT2D eigenvalue weighted by Crippen LogP contribution is 2.50. The maximum atomic E-state index is 13.9. The molecule has 0 spiro atoms. The molecule has 1 aliphatic rings. The summed E-state index contributed by atoms with van der Waals surface area (Å²) in [6, 6.07) is 12.4. The molecule has 242 valence electrons. The molecule has 1 aromatic heterocycles. The number of halogens is 6. The van der Waals surface area contributed by atoms with Gasteiger partial charge in [0.1, 0.15) is 5.60 Å². The van der Waals surface area contributed by atoms with Gasteiger partial charge in [-0.05, 0) is 80.8 Å². The van der Waals surface area contributed by atoms with Crippen LogP contribution in [0.4, 0.5) is 32.0 Å². The van der Waals surface area contributed by atoms with E-state index < -0.39 is 57.9 Å². The summed E-state index contributed by atoms with van der Waals surface area (Å²) in [6.45, 7) is 6.20. The van der Waals surface area contributed by atoms with Gasteiger partial charge >= 0.3 is 18.3 Å². The largest absolute Gasteiger partial charge is 0.460 e. The van der Waals surface area contributed by atoms with Crippen molar-refractivity contribution in [3.8, 4) is 0 Å². The molecule has 0 saturated heterocycles. The van der Waals surface area contributed by atoms with Crippen LogP contribution in [0, 0.1) is 11.3 Å². The lowest BCUT2D eigenvalue weighted by molar-refractivity contribution is -0.178. The van der Waals surface area contributed by atoms with Crippen molar-refractivity contribution in [2.75, 3.05) is 5.32 Å². The van der Waals surface area contributed by atoms with Crippen LogP contribution in [-0.2, 0) is 33.3 Å². The molecular formula is C32H33F6N3O4. The van der Waals surface area contributed by atoms with E-state index in [0.29, 0.717) is 24.8 Å². The van der Waals surface area contributed by atoms with Gasteiger partial charge in [-0.3, -0.25) is 14.4 Å². The normalized spacial score (nSPS) is 16.0. The highest BCUT2D eigenvalue weighted by atomic mass is 19.4. The Kier molecular flexibility index (Phi) is 9.24. The lowest BCUT2D eigenvalue weighted by atomic mass is 9.85. The first-order chi connectivity index (χ1) is 20.8. The fourth-order valence-electron chi connectivity index (χ4n) is 5.10. The lowest BCUT2D eigenvalue weighted by Gasteiger charge is -2.26. The predicted molar refractivity (Wildman–Crippen MR) is 153 cm³/mol. The predicted octanol–water partition coefficient (Wildman–Crippen LogP) is 6.96. The minimum atomic E-state index is -4.84. The van der Waals surface area contributed by atoms with Crippen molar-refractivity contribution in [3.63, 3.8) is 0 Å². The van der Waals surface area contributed by atoms with Gasteiger partial charge in [-0.2, -0.15) is 31.4 Å². The summed E-state index contributed by atoms with van der Waals surface area (Å²) < 4.78 is 87.4. The van der Waals surface area contributed by atoms with Crippen molar-refractivity contribution in [1.29, 1.82) is 0 Å². The highest BCUT2D eigenvalue weighted by Gasteiger charge is 2.52. The number of aromatic amines is 1. The first-order valence-corrected chi connectivity index (χ1v) is 14.2. The van der Waals surface area contributed by atoms with Crippen molar-refractivity contribution in [2.45, 2.75) is 77.2 Å². The molecule has 3 aromatic rings. The number of ether oxygens (including phenoxy) is 1. The van der Waals surface area contributed by atoms with Gasteiger partial charge in [0, 0.05) is 11.8 Å². The van der Waals surface area contributed by atoms with Gasteiger partial charge in [-0.1, -0.05) is 43.3 Å². The number of aromatic nitrogens is 2. The van der Waals surface area contributed by atoms with Crippen LogP contribution in [0.2, 0.25) is 0 Å². The topological polar surface area (TPSA) is 101 Å². The van der Waals surface area contributed by atoms with Crippen molar-refractivity contribution >= 4 is 17.6 Å². The van der Waals surface area contributed by atoms with Crippen molar-refractivity contribution < 1.29 is 40.7 Å². The number of hydrogen-bond donors (Lipinski definition) is 2. The number of nitrogens with one attached hydrogen (secondary N) is 2. The summed E-state index contributed by atoms with van der Waals surface area (Å²) >= 11 is 0. The summed E-state index contributed by atoms with van der Waals surface area (Å²) in [5, 5.41) is 7.41. The first-order valence-electron chi connectivity index (χ1n) is 14.2. The Morgan fingerprint density at radius 1 is 0.978 bits per heavy atom. The number of anilines is 1. The quantitative estimate of drug-likeness (QED) is 0.195. The first kappa shape index (κ1) is 33.7. The van der Waals surface area contributed by atoms with Crippen molar-refractivity contribution in [2.24, 2.45) is 11.3 Å². The number of alkyl halides is 6. The summed E-state index contributed by atoms with van der Waals surface area (Å²) in [4.78, 5) is 37.8. The third-order valence-electron chi connectivity index (χ3n) is 7.61. The van der Waals surface area contributed by atoms with Gasteiger partial charge in [0.2, 0.25) is 5.91 Å². The number of amides is 1. The highest BCUT2D eigenvalue weighted by molar-refractivity contribution is 5.96. The number of carbonyl (C=O) groups excluding carboxylic acids is 2. The van der Waals surface area contributed by atoms with Gasteiger partial charge in [-0.15, -0.1) is 0 Å². The Bertz CT molecular complexity index is 1600. The second kappa shape index (κ2) is 12.3. The molecule has 0 bridgehead atoms. The molecule has 1 aliphatic carbocycles. The molecule has 7 nitrogen and oxygen atoms in total. The van der Waals surface area contributed by atoms with Crippen molar-refractivity contribution in [1.82, 2.24) is 10.2 Å². The van der Waals surface area contributed by atoms with Gasteiger partial charge in [0.15, 0.2) is 5.69 Å².